The van der Waals surface area contributed by atoms with E-state index in [0.717, 1.165) is 0 Å². The van der Waals surface area contributed by atoms with Gasteiger partial charge in [-0.15, -0.1) is 0 Å². The number of aromatic nitrogens is 1. The maximum atomic E-state index is 11.4. The first-order valence-electron chi connectivity index (χ1n) is 5.03. The summed E-state index contributed by atoms with van der Waals surface area (Å²) < 4.78 is 10.1. The van der Waals surface area contributed by atoms with Gasteiger partial charge in [0.1, 0.15) is 5.75 Å². The molecule has 88 valence electrons. The highest BCUT2D eigenvalue weighted by Crippen LogP contribution is 2.05. The summed E-state index contributed by atoms with van der Waals surface area (Å²) in [5.41, 5.74) is 0. The Balaban J connectivity index is 2.25. The smallest absolute Gasteiger partial charge is 0.258 e. The highest BCUT2D eigenvalue weighted by atomic mass is 16.5. The first kappa shape index (κ1) is 12.4. The van der Waals surface area contributed by atoms with E-state index in [1.807, 2.05) is 6.92 Å². The monoisotopic (exact) mass is 224 g/mol. The highest BCUT2D eigenvalue weighted by molar-refractivity contribution is 5.77. The molecular formula is C11H16N2O3. The zero-order valence-electron chi connectivity index (χ0n) is 9.47. The zero-order valence-corrected chi connectivity index (χ0v) is 9.47. The second-order valence-corrected chi connectivity index (χ2v) is 3.40. The molecule has 0 aliphatic rings. The third kappa shape index (κ3) is 4.75. The van der Waals surface area contributed by atoms with Crippen LogP contribution in [0.1, 0.15) is 6.92 Å². The molecule has 5 nitrogen and oxygen atoms in total. The average Bonchev–Trinajstić information content (AvgIpc) is 2.28. The maximum Gasteiger partial charge on any atom is 0.258 e. The number of carbonyl (C=O) groups is 1. The van der Waals surface area contributed by atoms with Crippen molar-refractivity contribution in [3.05, 3.63) is 24.5 Å². The van der Waals surface area contributed by atoms with Crippen LogP contribution in [-0.2, 0) is 9.53 Å². The third-order valence-electron chi connectivity index (χ3n) is 1.83. The SMILES string of the molecule is COCC(C)NC(=O)COc1cccnc1. The van der Waals surface area contributed by atoms with E-state index < -0.39 is 0 Å². The average molecular weight is 224 g/mol. The van der Waals surface area contributed by atoms with Crippen molar-refractivity contribution in [3.8, 4) is 5.75 Å². The molecule has 1 rings (SSSR count). The lowest BCUT2D eigenvalue weighted by Crippen LogP contribution is -2.38. The molecule has 0 radical (unpaired) electrons. The van der Waals surface area contributed by atoms with Crippen molar-refractivity contribution in [2.24, 2.45) is 0 Å². The van der Waals surface area contributed by atoms with Crippen LogP contribution in [0.5, 0.6) is 5.75 Å². The number of methoxy groups -OCH3 is 1. The number of hydrogen-bond acceptors (Lipinski definition) is 4. The molecule has 0 fully saturated rings. The van der Waals surface area contributed by atoms with E-state index in [1.54, 1.807) is 31.6 Å². The number of nitrogens with zero attached hydrogens (tertiary/aromatic N) is 1. The fourth-order valence-corrected chi connectivity index (χ4v) is 1.19. The molecule has 1 atom stereocenters. The third-order valence-corrected chi connectivity index (χ3v) is 1.83. The van der Waals surface area contributed by atoms with Crippen LogP contribution in [-0.4, -0.2) is 37.3 Å². The van der Waals surface area contributed by atoms with Crippen molar-refractivity contribution in [2.75, 3.05) is 20.3 Å². The minimum absolute atomic E-state index is 0.0141. The molecule has 0 saturated carbocycles. The van der Waals surface area contributed by atoms with Gasteiger partial charge < -0.3 is 14.8 Å². The second-order valence-electron chi connectivity index (χ2n) is 3.40. The Morgan fingerprint density at radius 1 is 1.62 bits per heavy atom. The molecule has 1 unspecified atom stereocenters. The lowest BCUT2D eigenvalue weighted by molar-refractivity contribution is -0.124. The Kier molecular flexibility index (Phi) is 5.28. The Hall–Kier alpha value is -1.62. The summed E-state index contributed by atoms with van der Waals surface area (Å²) in [7, 11) is 1.59. The van der Waals surface area contributed by atoms with Gasteiger partial charge in [-0.2, -0.15) is 0 Å². The van der Waals surface area contributed by atoms with Crippen molar-refractivity contribution in [3.63, 3.8) is 0 Å². The molecule has 1 aromatic heterocycles. The minimum atomic E-state index is -0.173. The second kappa shape index (κ2) is 6.79. The van der Waals surface area contributed by atoms with Gasteiger partial charge in [0.15, 0.2) is 6.61 Å². The Bertz CT molecular complexity index is 316. The topological polar surface area (TPSA) is 60.5 Å². The van der Waals surface area contributed by atoms with E-state index in [-0.39, 0.29) is 18.6 Å². The number of hydrogen-bond donors (Lipinski definition) is 1. The van der Waals surface area contributed by atoms with E-state index >= 15 is 0 Å². The quantitative estimate of drug-likeness (QED) is 0.769. The zero-order chi connectivity index (χ0) is 11.8. The largest absolute Gasteiger partial charge is 0.482 e. The summed E-state index contributed by atoms with van der Waals surface area (Å²) in [5, 5.41) is 2.74. The summed E-state index contributed by atoms with van der Waals surface area (Å²) in [6.07, 6.45) is 3.21. The molecule has 1 amide bonds. The van der Waals surface area contributed by atoms with E-state index in [9.17, 15) is 4.79 Å². The van der Waals surface area contributed by atoms with Crippen molar-refractivity contribution in [2.45, 2.75) is 13.0 Å². The predicted octanol–water partition coefficient (Wildman–Crippen LogP) is 0.611. The van der Waals surface area contributed by atoms with Gasteiger partial charge >= 0.3 is 0 Å². The molecule has 0 aliphatic heterocycles. The van der Waals surface area contributed by atoms with Crippen molar-refractivity contribution in [1.29, 1.82) is 0 Å². The Morgan fingerprint density at radius 2 is 2.44 bits per heavy atom. The lowest BCUT2D eigenvalue weighted by atomic mass is 10.3. The van der Waals surface area contributed by atoms with Crippen LogP contribution in [0.4, 0.5) is 0 Å². The first-order chi connectivity index (χ1) is 7.72. The summed E-state index contributed by atoms with van der Waals surface area (Å²) in [4.78, 5) is 15.3. The minimum Gasteiger partial charge on any atom is -0.482 e. The number of carbonyl (C=O) groups excluding carboxylic acids is 1. The number of amides is 1. The highest BCUT2D eigenvalue weighted by Gasteiger charge is 2.07. The van der Waals surface area contributed by atoms with Crippen molar-refractivity contribution < 1.29 is 14.3 Å². The molecular weight excluding hydrogens is 208 g/mol. The maximum absolute atomic E-state index is 11.4. The Morgan fingerprint density at radius 3 is 3.06 bits per heavy atom. The molecule has 0 bridgehead atoms. The molecule has 1 N–H and O–H groups in total. The van der Waals surface area contributed by atoms with Crippen LogP contribution in [0, 0.1) is 0 Å². The van der Waals surface area contributed by atoms with Crippen LogP contribution in [0.2, 0.25) is 0 Å². The van der Waals surface area contributed by atoms with Crippen LogP contribution in [0.3, 0.4) is 0 Å². The normalized spacial score (nSPS) is 11.9. The predicted molar refractivity (Wildman–Crippen MR) is 59.2 cm³/mol. The molecule has 1 aromatic rings. The van der Waals surface area contributed by atoms with Gasteiger partial charge in [0.05, 0.1) is 12.8 Å². The molecule has 5 heteroatoms. The standard InChI is InChI=1S/C11H16N2O3/c1-9(7-15-2)13-11(14)8-16-10-4-3-5-12-6-10/h3-6,9H,7-8H2,1-2H3,(H,13,14). The molecule has 0 aliphatic carbocycles. The number of nitrogens with one attached hydrogen (secondary N) is 1. The van der Waals surface area contributed by atoms with Gasteiger partial charge in [-0.1, -0.05) is 0 Å². The fourth-order valence-electron chi connectivity index (χ4n) is 1.19. The molecule has 16 heavy (non-hydrogen) atoms. The van der Waals surface area contributed by atoms with Gasteiger partial charge in [0.25, 0.3) is 5.91 Å². The lowest BCUT2D eigenvalue weighted by Gasteiger charge is -2.12. The summed E-state index contributed by atoms with van der Waals surface area (Å²) in [5.74, 6) is 0.408. The van der Waals surface area contributed by atoms with E-state index in [1.165, 1.54) is 0 Å². The van der Waals surface area contributed by atoms with E-state index in [2.05, 4.69) is 10.3 Å². The van der Waals surface area contributed by atoms with E-state index in [4.69, 9.17) is 9.47 Å². The van der Waals surface area contributed by atoms with Crippen LogP contribution < -0.4 is 10.1 Å². The fraction of sp³-hybridized carbons (Fsp3) is 0.455. The van der Waals surface area contributed by atoms with Gasteiger partial charge in [-0.25, -0.2) is 0 Å². The Labute approximate surface area is 94.8 Å². The number of ether oxygens (including phenoxy) is 2. The van der Waals surface area contributed by atoms with Crippen LogP contribution in [0.15, 0.2) is 24.5 Å². The van der Waals surface area contributed by atoms with Crippen molar-refractivity contribution >= 4 is 5.91 Å². The summed E-state index contributed by atoms with van der Waals surface area (Å²) in [6.45, 7) is 2.34. The number of pyridine rings is 1. The molecule has 1 heterocycles. The van der Waals surface area contributed by atoms with Gasteiger partial charge in [0.2, 0.25) is 0 Å². The van der Waals surface area contributed by atoms with Crippen molar-refractivity contribution in [1.82, 2.24) is 10.3 Å². The molecule has 0 saturated heterocycles. The first-order valence-corrected chi connectivity index (χ1v) is 5.03. The summed E-state index contributed by atoms with van der Waals surface area (Å²) >= 11 is 0. The number of rotatable bonds is 6. The van der Waals surface area contributed by atoms with Gasteiger partial charge in [-0.3, -0.25) is 9.78 Å². The van der Waals surface area contributed by atoms with Crippen LogP contribution in [0.25, 0.3) is 0 Å². The molecule has 0 spiro atoms. The van der Waals surface area contributed by atoms with Crippen LogP contribution >= 0.6 is 0 Å². The molecule has 0 aromatic carbocycles. The van der Waals surface area contributed by atoms with E-state index in [0.29, 0.717) is 12.4 Å². The van der Waals surface area contributed by atoms with Gasteiger partial charge in [-0.05, 0) is 19.1 Å². The van der Waals surface area contributed by atoms with Gasteiger partial charge in [0, 0.05) is 19.3 Å². The summed E-state index contributed by atoms with van der Waals surface area (Å²) in [6, 6.07) is 3.48.